The summed E-state index contributed by atoms with van der Waals surface area (Å²) in [7, 11) is 0. The Morgan fingerprint density at radius 3 is 2.45 bits per heavy atom. The lowest BCUT2D eigenvalue weighted by atomic mass is 10.0. The van der Waals surface area contributed by atoms with E-state index in [0.29, 0.717) is 30.8 Å². The second-order valence-corrected chi connectivity index (χ2v) is 7.27. The summed E-state index contributed by atoms with van der Waals surface area (Å²) in [5.41, 5.74) is 1.95. The number of carbonyl (C=O) groups excluding carboxylic acids is 3. The van der Waals surface area contributed by atoms with Crippen LogP contribution in [0.25, 0.3) is 0 Å². The first-order valence-corrected chi connectivity index (χ1v) is 9.90. The van der Waals surface area contributed by atoms with Crippen molar-refractivity contribution in [1.82, 2.24) is 5.32 Å². The zero-order chi connectivity index (χ0) is 20.8. The van der Waals surface area contributed by atoms with Crippen molar-refractivity contribution in [2.24, 2.45) is 0 Å². The van der Waals surface area contributed by atoms with Gasteiger partial charge in [-0.05, 0) is 37.0 Å². The molecule has 0 bridgehead atoms. The molecule has 1 N–H and O–H groups in total. The molecule has 0 unspecified atom stereocenters. The van der Waals surface area contributed by atoms with Gasteiger partial charge in [0.05, 0.1) is 11.3 Å². The van der Waals surface area contributed by atoms with Crippen LogP contribution in [0.1, 0.15) is 48.5 Å². The Labute approximate surface area is 170 Å². The van der Waals surface area contributed by atoms with Gasteiger partial charge in [0.15, 0.2) is 6.10 Å². The average molecular weight is 394 g/mol. The number of ether oxygens (including phenoxy) is 1. The quantitative estimate of drug-likeness (QED) is 0.732. The van der Waals surface area contributed by atoms with E-state index < -0.39 is 12.1 Å². The molecule has 1 aliphatic heterocycles. The minimum atomic E-state index is -0.937. The minimum Gasteiger partial charge on any atom is -0.449 e. The van der Waals surface area contributed by atoms with Gasteiger partial charge in [-0.3, -0.25) is 9.59 Å². The molecule has 1 aliphatic rings. The van der Waals surface area contributed by atoms with Crippen molar-refractivity contribution in [1.29, 1.82) is 0 Å². The van der Waals surface area contributed by atoms with E-state index in [1.807, 2.05) is 37.3 Å². The highest BCUT2D eigenvalue weighted by atomic mass is 16.5. The van der Waals surface area contributed by atoms with Crippen molar-refractivity contribution in [3.05, 3.63) is 65.7 Å². The Morgan fingerprint density at radius 1 is 1.07 bits per heavy atom. The van der Waals surface area contributed by atoms with Gasteiger partial charge < -0.3 is 15.0 Å². The van der Waals surface area contributed by atoms with E-state index in [1.54, 1.807) is 36.1 Å². The molecule has 2 atom stereocenters. The lowest BCUT2D eigenvalue weighted by Gasteiger charge is -2.20. The first-order chi connectivity index (χ1) is 14.0. The van der Waals surface area contributed by atoms with Crippen LogP contribution in [0.15, 0.2) is 54.6 Å². The molecule has 1 heterocycles. The van der Waals surface area contributed by atoms with Crippen molar-refractivity contribution in [3.8, 4) is 0 Å². The second kappa shape index (κ2) is 9.37. The molecule has 0 aliphatic carbocycles. The summed E-state index contributed by atoms with van der Waals surface area (Å²) < 4.78 is 5.38. The Morgan fingerprint density at radius 2 is 1.76 bits per heavy atom. The molecule has 0 radical (unpaired) electrons. The summed E-state index contributed by atoms with van der Waals surface area (Å²) in [6, 6.07) is 16.7. The summed E-state index contributed by atoms with van der Waals surface area (Å²) in [4.78, 5) is 38.7. The number of rotatable bonds is 7. The molecular weight excluding hydrogens is 368 g/mol. The molecule has 0 saturated carbocycles. The molecule has 3 rings (SSSR count). The smallest absolute Gasteiger partial charge is 0.341 e. The Kier molecular flexibility index (Phi) is 6.65. The topological polar surface area (TPSA) is 75.7 Å². The number of hydrogen-bond acceptors (Lipinski definition) is 4. The lowest BCUT2D eigenvalue weighted by molar-refractivity contribution is -0.129. The summed E-state index contributed by atoms with van der Waals surface area (Å²) >= 11 is 0. The van der Waals surface area contributed by atoms with E-state index in [0.717, 1.165) is 12.0 Å². The van der Waals surface area contributed by atoms with Crippen LogP contribution in [-0.2, 0) is 14.3 Å². The van der Waals surface area contributed by atoms with Crippen LogP contribution in [0.4, 0.5) is 5.69 Å². The molecule has 29 heavy (non-hydrogen) atoms. The zero-order valence-electron chi connectivity index (χ0n) is 16.8. The normalized spacial score (nSPS) is 15.7. The summed E-state index contributed by atoms with van der Waals surface area (Å²) in [5, 5.41) is 2.83. The average Bonchev–Trinajstić information content (AvgIpc) is 3.17. The molecule has 6 nitrogen and oxygen atoms in total. The van der Waals surface area contributed by atoms with Crippen LogP contribution < -0.4 is 10.2 Å². The van der Waals surface area contributed by atoms with E-state index in [2.05, 4.69) is 5.32 Å². The molecular formula is C23H26N2O4. The molecule has 2 aromatic rings. The first-order valence-electron chi connectivity index (χ1n) is 9.90. The number of benzene rings is 2. The zero-order valence-corrected chi connectivity index (χ0v) is 16.8. The number of esters is 1. The van der Waals surface area contributed by atoms with Gasteiger partial charge in [0.2, 0.25) is 5.91 Å². The third-order valence-electron chi connectivity index (χ3n) is 5.09. The van der Waals surface area contributed by atoms with E-state index in [9.17, 15) is 14.4 Å². The molecule has 152 valence electrons. The van der Waals surface area contributed by atoms with E-state index in [-0.39, 0.29) is 17.7 Å². The number of nitrogens with zero attached hydrogens (tertiary/aromatic N) is 1. The number of hydrogen-bond donors (Lipinski definition) is 1. The Hall–Kier alpha value is -3.15. The number of amides is 2. The van der Waals surface area contributed by atoms with E-state index in [1.165, 1.54) is 0 Å². The molecule has 0 spiro atoms. The van der Waals surface area contributed by atoms with Gasteiger partial charge in [-0.25, -0.2) is 4.79 Å². The predicted octanol–water partition coefficient (Wildman–Crippen LogP) is 3.28. The highest BCUT2D eigenvalue weighted by Crippen LogP contribution is 2.26. The van der Waals surface area contributed by atoms with Crippen molar-refractivity contribution in [2.45, 2.75) is 38.7 Å². The van der Waals surface area contributed by atoms with Crippen molar-refractivity contribution in [2.75, 3.05) is 18.0 Å². The minimum absolute atomic E-state index is 0.00839. The number of para-hydroxylation sites is 1. The standard InChI is InChI=1S/C23H26N2O4/c1-16(18-9-4-3-5-10-18)15-24-22(27)17(2)29-23(28)19-11-6-7-12-20(19)25-14-8-13-21(25)26/h3-7,9-12,16-17H,8,13-15H2,1-2H3,(H,24,27)/t16-,17-/m1/s1. The van der Waals surface area contributed by atoms with Crippen molar-refractivity contribution < 1.29 is 19.1 Å². The molecule has 1 fully saturated rings. The second-order valence-electron chi connectivity index (χ2n) is 7.27. The molecule has 0 aromatic heterocycles. The number of carbonyl (C=O) groups is 3. The lowest BCUT2D eigenvalue weighted by Crippen LogP contribution is -2.38. The fourth-order valence-corrected chi connectivity index (χ4v) is 3.36. The van der Waals surface area contributed by atoms with Gasteiger partial charge in [-0.1, -0.05) is 49.4 Å². The van der Waals surface area contributed by atoms with Crippen molar-refractivity contribution in [3.63, 3.8) is 0 Å². The third kappa shape index (κ3) is 5.02. The number of anilines is 1. The maximum absolute atomic E-state index is 12.7. The fraction of sp³-hybridized carbons (Fsp3) is 0.348. The van der Waals surface area contributed by atoms with E-state index in [4.69, 9.17) is 4.74 Å². The summed E-state index contributed by atoms with van der Waals surface area (Å²) in [5.74, 6) is -0.828. The third-order valence-corrected chi connectivity index (χ3v) is 5.09. The van der Waals surface area contributed by atoms with Crippen LogP contribution in [-0.4, -0.2) is 37.0 Å². The van der Waals surface area contributed by atoms with Crippen LogP contribution in [0.2, 0.25) is 0 Å². The Balaban J connectivity index is 1.59. The van der Waals surface area contributed by atoms with Gasteiger partial charge in [0.25, 0.3) is 5.91 Å². The van der Waals surface area contributed by atoms with Crippen LogP contribution >= 0.6 is 0 Å². The maximum atomic E-state index is 12.7. The maximum Gasteiger partial charge on any atom is 0.341 e. The SMILES string of the molecule is C[C@H](CNC(=O)[C@@H](C)OC(=O)c1ccccc1N1CCCC1=O)c1ccccc1. The van der Waals surface area contributed by atoms with Gasteiger partial charge >= 0.3 is 5.97 Å². The highest BCUT2D eigenvalue weighted by molar-refractivity contribution is 6.04. The predicted molar refractivity (Wildman–Crippen MR) is 111 cm³/mol. The van der Waals surface area contributed by atoms with Gasteiger partial charge in [0, 0.05) is 19.5 Å². The van der Waals surface area contributed by atoms with Crippen molar-refractivity contribution >= 4 is 23.5 Å². The largest absolute Gasteiger partial charge is 0.449 e. The Bertz CT molecular complexity index is 881. The molecule has 6 heteroatoms. The molecule has 1 saturated heterocycles. The fourth-order valence-electron chi connectivity index (χ4n) is 3.36. The van der Waals surface area contributed by atoms with E-state index >= 15 is 0 Å². The van der Waals surface area contributed by atoms with Gasteiger partial charge in [-0.2, -0.15) is 0 Å². The molecule has 2 amide bonds. The van der Waals surface area contributed by atoms with Crippen LogP contribution in [0.3, 0.4) is 0 Å². The van der Waals surface area contributed by atoms with Crippen LogP contribution in [0, 0.1) is 0 Å². The summed E-state index contributed by atoms with van der Waals surface area (Å²) in [6.07, 6.45) is 0.301. The molecule has 2 aromatic carbocycles. The summed E-state index contributed by atoms with van der Waals surface area (Å²) in [6.45, 7) is 4.60. The monoisotopic (exact) mass is 394 g/mol. The van der Waals surface area contributed by atoms with Gasteiger partial charge in [-0.15, -0.1) is 0 Å². The first kappa shape index (κ1) is 20.6. The van der Waals surface area contributed by atoms with Crippen LogP contribution in [0.5, 0.6) is 0 Å². The highest BCUT2D eigenvalue weighted by Gasteiger charge is 2.27. The number of nitrogens with one attached hydrogen (secondary N) is 1. The van der Waals surface area contributed by atoms with Gasteiger partial charge in [0.1, 0.15) is 0 Å².